The maximum absolute atomic E-state index is 13.3. The highest BCUT2D eigenvalue weighted by molar-refractivity contribution is 6.44. The largest absolute Gasteiger partial charge is 0.493 e. The van der Waals surface area contributed by atoms with Crippen molar-refractivity contribution in [2.45, 2.75) is 12.3 Å². The van der Waals surface area contributed by atoms with Crippen molar-refractivity contribution >= 4 is 34.8 Å². The molecule has 2 heterocycles. The van der Waals surface area contributed by atoms with E-state index in [1.165, 1.54) is 4.90 Å². The van der Waals surface area contributed by atoms with Crippen molar-refractivity contribution in [3.63, 3.8) is 0 Å². The number of carbonyl (C=O) groups is 1. The number of ether oxygens (including phenoxy) is 4. The topological polar surface area (TPSA) is 57.2 Å². The van der Waals surface area contributed by atoms with Crippen molar-refractivity contribution < 1.29 is 23.7 Å². The molecule has 4 rings (SSSR count). The number of anilines is 1. The molecule has 0 aliphatic carbocycles. The van der Waals surface area contributed by atoms with Crippen molar-refractivity contribution in [1.29, 1.82) is 0 Å². The summed E-state index contributed by atoms with van der Waals surface area (Å²) in [5.74, 6) is -0.606. The van der Waals surface area contributed by atoms with E-state index in [2.05, 4.69) is 0 Å². The highest BCUT2D eigenvalue weighted by Crippen LogP contribution is 2.51. The summed E-state index contributed by atoms with van der Waals surface area (Å²) in [5, 5.41) is 0.648. The van der Waals surface area contributed by atoms with E-state index in [9.17, 15) is 4.79 Å². The molecule has 1 spiro atoms. The number of carbonyl (C=O) groups excluding carboxylic acids is 1. The Bertz CT molecular complexity index is 911. The lowest BCUT2D eigenvalue weighted by Crippen LogP contribution is -2.40. The molecule has 1 amide bonds. The molecule has 0 radical (unpaired) electrons. The molecule has 0 unspecified atom stereocenters. The monoisotopic (exact) mass is 409 g/mol. The standard InChI is InChI=1S/C19H17Cl2NO5/c1-24-14-6-3-11(9-15(14)25-2)10-22-17-12(4-5-13(20)16(17)21)19(18(22)23)26-7-8-27-19/h3-6,9H,7-8,10H2,1-2H3. The molecule has 0 bridgehead atoms. The average Bonchev–Trinajstić information content (AvgIpc) is 3.25. The average molecular weight is 410 g/mol. The maximum atomic E-state index is 13.3. The number of halogens is 2. The summed E-state index contributed by atoms with van der Waals surface area (Å²) in [4.78, 5) is 14.8. The van der Waals surface area contributed by atoms with Gasteiger partial charge in [-0.3, -0.25) is 4.79 Å². The second kappa shape index (κ2) is 6.87. The van der Waals surface area contributed by atoms with Crippen molar-refractivity contribution in [3.05, 3.63) is 51.5 Å². The first-order valence-corrected chi connectivity index (χ1v) is 9.06. The predicted molar refractivity (Wildman–Crippen MR) is 101 cm³/mol. The van der Waals surface area contributed by atoms with E-state index in [4.69, 9.17) is 42.1 Å². The number of fused-ring (bicyclic) bond motifs is 2. The van der Waals surface area contributed by atoms with Gasteiger partial charge in [-0.25, -0.2) is 0 Å². The Morgan fingerprint density at radius 3 is 2.44 bits per heavy atom. The van der Waals surface area contributed by atoms with Gasteiger partial charge in [0.05, 0.1) is 49.7 Å². The van der Waals surface area contributed by atoms with Crippen LogP contribution in [0.4, 0.5) is 5.69 Å². The molecule has 1 saturated heterocycles. The number of benzene rings is 2. The zero-order chi connectivity index (χ0) is 19.2. The van der Waals surface area contributed by atoms with E-state index in [1.54, 1.807) is 32.4 Å². The molecule has 27 heavy (non-hydrogen) atoms. The second-order valence-corrected chi connectivity index (χ2v) is 6.94. The Morgan fingerprint density at radius 1 is 1.07 bits per heavy atom. The van der Waals surface area contributed by atoms with Crippen LogP contribution in [-0.2, 0) is 26.6 Å². The lowest BCUT2D eigenvalue weighted by Gasteiger charge is -2.22. The van der Waals surface area contributed by atoms with Gasteiger partial charge in [0, 0.05) is 5.56 Å². The summed E-state index contributed by atoms with van der Waals surface area (Å²) >= 11 is 12.7. The summed E-state index contributed by atoms with van der Waals surface area (Å²) in [6.07, 6.45) is 0. The van der Waals surface area contributed by atoms with Gasteiger partial charge in [-0.15, -0.1) is 0 Å². The van der Waals surface area contributed by atoms with Crippen LogP contribution in [0.5, 0.6) is 11.5 Å². The van der Waals surface area contributed by atoms with Crippen LogP contribution in [0.1, 0.15) is 11.1 Å². The fraction of sp³-hybridized carbons (Fsp3) is 0.316. The normalized spacial score (nSPS) is 17.5. The molecule has 142 valence electrons. The van der Waals surface area contributed by atoms with Gasteiger partial charge in [-0.1, -0.05) is 29.3 Å². The second-order valence-electron chi connectivity index (χ2n) is 6.15. The highest BCUT2D eigenvalue weighted by atomic mass is 35.5. The Morgan fingerprint density at radius 2 is 1.78 bits per heavy atom. The maximum Gasteiger partial charge on any atom is 0.292 e. The fourth-order valence-electron chi connectivity index (χ4n) is 3.47. The van der Waals surface area contributed by atoms with Gasteiger partial charge < -0.3 is 23.8 Å². The Labute approximate surface area is 166 Å². The summed E-state index contributed by atoms with van der Waals surface area (Å²) in [6.45, 7) is 0.909. The molecule has 0 aromatic heterocycles. The zero-order valence-electron chi connectivity index (χ0n) is 14.8. The Hall–Kier alpha value is -1.99. The number of amides is 1. The summed E-state index contributed by atoms with van der Waals surface area (Å²) in [7, 11) is 3.13. The van der Waals surface area contributed by atoms with Gasteiger partial charge in [0.15, 0.2) is 11.5 Å². The Balaban J connectivity index is 1.78. The van der Waals surface area contributed by atoms with Crippen molar-refractivity contribution in [2.24, 2.45) is 0 Å². The minimum absolute atomic E-state index is 0.251. The van der Waals surface area contributed by atoms with Crippen LogP contribution in [0.15, 0.2) is 30.3 Å². The minimum Gasteiger partial charge on any atom is -0.493 e. The molecule has 8 heteroatoms. The quantitative estimate of drug-likeness (QED) is 0.769. The van der Waals surface area contributed by atoms with Gasteiger partial charge in [0.1, 0.15) is 0 Å². The van der Waals surface area contributed by atoms with Gasteiger partial charge >= 0.3 is 0 Å². The SMILES string of the molecule is COc1ccc(CN2C(=O)C3(OCCO3)c3ccc(Cl)c(Cl)c32)cc1OC. The first-order chi connectivity index (χ1) is 13.0. The Kier molecular flexibility index (Phi) is 4.68. The van der Waals surface area contributed by atoms with E-state index in [0.717, 1.165) is 5.56 Å². The van der Waals surface area contributed by atoms with Crippen molar-refractivity contribution in [3.8, 4) is 11.5 Å². The number of hydrogen-bond donors (Lipinski definition) is 0. The molecule has 2 aromatic carbocycles. The highest BCUT2D eigenvalue weighted by Gasteiger charge is 2.56. The molecule has 2 aliphatic heterocycles. The fourth-order valence-corrected chi connectivity index (χ4v) is 3.89. The number of rotatable bonds is 4. The van der Waals surface area contributed by atoms with Crippen LogP contribution in [-0.4, -0.2) is 33.3 Å². The third kappa shape index (κ3) is 2.75. The van der Waals surface area contributed by atoms with Crippen LogP contribution >= 0.6 is 23.2 Å². The van der Waals surface area contributed by atoms with Crippen molar-refractivity contribution in [1.82, 2.24) is 0 Å². The molecular formula is C19H17Cl2NO5. The van der Waals surface area contributed by atoms with Crippen LogP contribution in [0.3, 0.4) is 0 Å². The molecule has 0 atom stereocenters. The van der Waals surface area contributed by atoms with E-state index in [-0.39, 0.29) is 12.5 Å². The van der Waals surface area contributed by atoms with Gasteiger partial charge in [-0.05, 0) is 29.8 Å². The minimum atomic E-state index is -1.46. The first-order valence-electron chi connectivity index (χ1n) is 8.31. The predicted octanol–water partition coefficient (Wildman–Crippen LogP) is 3.76. The third-order valence-corrected chi connectivity index (χ3v) is 5.50. The van der Waals surface area contributed by atoms with E-state index < -0.39 is 5.79 Å². The van der Waals surface area contributed by atoms with Gasteiger partial charge in [0.2, 0.25) is 0 Å². The molecule has 1 fully saturated rings. The molecule has 2 aromatic rings. The molecule has 2 aliphatic rings. The van der Waals surface area contributed by atoms with E-state index >= 15 is 0 Å². The molecule has 0 saturated carbocycles. The smallest absolute Gasteiger partial charge is 0.292 e. The zero-order valence-corrected chi connectivity index (χ0v) is 16.3. The van der Waals surface area contributed by atoms with E-state index in [1.807, 2.05) is 12.1 Å². The lowest BCUT2D eigenvalue weighted by atomic mass is 10.1. The van der Waals surface area contributed by atoms with Crippen LogP contribution in [0.25, 0.3) is 0 Å². The van der Waals surface area contributed by atoms with Gasteiger partial charge in [-0.2, -0.15) is 0 Å². The van der Waals surface area contributed by atoms with Gasteiger partial charge in [0.25, 0.3) is 11.7 Å². The summed E-state index contributed by atoms with van der Waals surface area (Å²) in [5.41, 5.74) is 1.91. The van der Waals surface area contributed by atoms with Crippen LogP contribution < -0.4 is 14.4 Å². The number of nitrogens with zero attached hydrogens (tertiary/aromatic N) is 1. The van der Waals surface area contributed by atoms with Crippen LogP contribution in [0.2, 0.25) is 10.0 Å². The molecule has 6 nitrogen and oxygen atoms in total. The number of hydrogen-bond acceptors (Lipinski definition) is 5. The summed E-state index contributed by atoms with van der Waals surface area (Å²) < 4.78 is 22.1. The lowest BCUT2D eigenvalue weighted by molar-refractivity contribution is -0.180. The molecular weight excluding hydrogens is 393 g/mol. The number of methoxy groups -OCH3 is 2. The third-order valence-electron chi connectivity index (χ3n) is 4.70. The first kappa shape index (κ1) is 18.4. The van der Waals surface area contributed by atoms with E-state index in [0.29, 0.717) is 46.0 Å². The van der Waals surface area contributed by atoms with Crippen LogP contribution in [0, 0.1) is 0 Å². The van der Waals surface area contributed by atoms with Crippen molar-refractivity contribution in [2.75, 3.05) is 32.3 Å². The molecule has 0 N–H and O–H groups in total. The summed E-state index contributed by atoms with van der Waals surface area (Å²) in [6, 6.07) is 8.82.